The second-order valence-corrected chi connectivity index (χ2v) is 12.3. The zero-order valence-electron chi connectivity index (χ0n) is 21.8. The van der Waals surface area contributed by atoms with Crippen LogP contribution in [0.2, 0.25) is 0 Å². The van der Waals surface area contributed by atoms with Crippen molar-refractivity contribution in [2.24, 2.45) is 4.99 Å². The molecule has 0 amide bonds. The van der Waals surface area contributed by atoms with Crippen molar-refractivity contribution in [3.63, 3.8) is 0 Å². The van der Waals surface area contributed by atoms with Crippen LogP contribution in [0.5, 0.6) is 0 Å². The molecule has 4 nitrogen and oxygen atoms in total. The lowest BCUT2D eigenvalue weighted by Crippen LogP contribution is -2.38. The van der Waals surface area contributed by atoms with E-state index in [2.05, 4.69) is 94.6 Å². The van der Waals surface area contributed by atoms with Gasteiger partial charge in [-0.15, -0.1) is 0 Å². The summed E-state index contributed by atoms with van der Waals surface area (Å²) in [6.45, 7) is 0. The van der Waals surface area contributed by atoms with Crippen molar-refractivity contribution in [1.82, 2.24) is 14.8 Å². The van der Waals surface area contributed by atoms with Gasteiger partial charge < -0.3 is 0 Å². The number of pyridine rings is 1. The van der Waals surface area contributed by atoms with Gasteiger partial charge in [0.2, 0.25) is 3.79 Å². The Kier molecular flexibility index (Phi) is 6.43. The zero-order chi connectivity index (χ0) is 28.0. The topological polar surface area (TPSA) is 43.1 Å². The highest BCUT2D eigenvalue weighted by Crippen LogP contribution is 2.46. The highest BCUT2D eigenvalue weighted by Gasteiger charge is 2.41. The third-order valence-corrected chi connectivity index (χ3v) is 8.32. The fourth-order valence-corrected chi connectivity index (χ4v) is 6.18. The molecule has 0 N–H and O–H groups in total. The van der Waals surface area contributed by atoms with E-state index in [9.17, 15) is 0 Å². The predicted octanol–water partition coefficient (Wildman–Crippen LogP) is 8.94. The van der Waals surface area contributed by atoms with Crippen LogP contribution in [0, 0.1) is 0 Å². The molecule has 0 atom stereocenters. The molecule has 0 saturated carbocycles. The Morgan fingerprint density at radius 2 is 1.20 bits per heavy atom. The molecular formula is C34H23Cl3N4. The molecule has 0 radical (unpaired) electrons. The van der Waals surface area contributed by atoms with Gasteiger partial charge in [-0.2, -0.15) is 5.10 Å². The van der Waals surface area contributed by atoms with Gasteiger partial charge in [-0.05, 0) is 46.5 Å². The molecule has 1 aliphatic rings. The van der Waals surface area contributed by atoms with Crippen molar-refractivity contribution in [2.75, 3.05) is 0 Å². The highest BCUT2D eigenvalue weighted by atomic mass is 35.6. The van der Waals surface area contributed by atoms with E-state index in [1.807, 2.05) is 30.3 Å². The molecular weight excluding hydrogens is 571 g/mol. The molecule has 7 rings (SSSR count). The van der Waals surface area contributed by atoms with Crippen molar-refractivity contribution in [3.8, 4) is 11.3 Å². The molecule has 0 aliphatic carbocycles. The van der Waals surface area contributed by atoms with Crippen LogP contribution in [-0.2, 0) is 12.0 Å². The fraction of sp³-hybridized carbons (Fsp3) is 0.0882. The van der Waals surface area contributed by atoms with Crippen LogP contribution >= 0.6 is 34.8 Å². The number of alkyl halides is 3. The normalized spacial score (nSPS) is 13.3. The van der Waals surface area contributed by atoms with Crippen LogP contribution in [0.25, 0.3) is 22.2 Å². The summed E-state index contributed by atoms with van der Waals surface area (Å²) in [5.41, 5.74) is 7.49. The first-order chi connectivity index (χ1) is 20.0. The Morgan fingerprint density at radius 3 is 1.71 bits per heavy atom. The van der Waals surface area contributed by atoms with Gasteiger partial charge >= 0.3 is 0 Å². The number of hydrogen-bond donors (Lipinski definition) is 0. The molecule has 2 aromatic heterocycles. The van der Waals surface area contributed by atoms with E-state index in [-0.39, 0.29) is 0 Å². The summed E-state index contributed by atoms with van der Waals surface area (Å²) < 4.78 is 0.582. The molecule has 200 valence electrons. The Hall–Kier alpha value is -3.96. The summed E-state index contributed by atoms with van der Waals surface area (Å²) in [6.07, 6.45) is 4.02. The van der Waals surface area contributed by atoms with E-state index in [1.165, 1.54) is 0 Å². The van der Waals surface area contributed by atoms with Crippen LogP contribution in [0.4, 0.5) is 5.69 Å². The monoisotopic (exact) mass is 592 g/mol. The molecule has 0 fully saturated rings. The van der Waals surface area contributed by atoms with E-state index >= 15 is 0 Å². The summed E-state index contributed by atoms with van der Waals surface area (Å²) in [5.74, 6) is 0. The minimum atomic E-state index is -1.58. The lowest BCUT2D eigenvalue weighted by Gasteiger charge is -2.37. The van der Waals surface area contributed by atoms with Crippen molar-refractivity contribution < 1.29 is 0 Å². The summed E-state index contributed by atoms with van der Waals surface area (Å²) >= 11 is 18.8. The minimum Gasteiger partial charge on any atom is -0.265 e. The SMILES string of the molecule is ClC(Cl)(Cl)C1=Nc2cc3c(-c4ccncc4)nn(C(c4ccccc4)(c4ccccc4)c4ccccc4)c3cc2C1. The largest absolute Gasteiger partial charge is 0.265 e. The zero-order valence-corrected chi connectivity index (χ0v) is 24.0. The predicted molar refractivity (Wildman–Crippen MR) is 169 cm³/mol. The Bertz CT molecular complexity index is 1780. The average molecular weight is 594 g/mol. The first-order valence-electron chi connectivity index (χ1n) is 13.2. The first-order valence-corrected chi connectivity index (χ1v) is 14.4. The number of fused-ring (bicyclic) bond motifs is 2. The van der Waals surface area contributed by atoms with Crippen molar-refractivity contribution >= 4 is 57.1 Å². The molecule has 6 aromatic rings. The number of aliphatic imine (C=N–C) groups is 1. The van der Waals surface area contributed by atoms with Crippen molar-refractivity contribution in [2.45, 2.75) is 15.8 Å². The van der Waals surface area contributed by atoms with E-state index in [0.717, 1.165) is 50.1 Å². The van der Waals surface area contributed by atoms with E-state index in [1.54, 1.807) is 12.4 Å². The Morgan fingerprint density at radius 1 is 0.659 bits per heavy atom. The number of aromatic nitrogens is 3. The Balaban J connectivity index is 1.62. The highest BCUT2D eigenvalue weighted by molar-refractivity contribution is 6.77. The van der Waals surface area contributed by atoms with Gasteiger partial charge in [0, 0.05) is 29.8 Å². The summed E-state index contributed by atoms with van der Waals surface area (Å²) in [6, 6.07) is 39.7. The lowest BCUT2D eigenvalue weighted by molar-refractivity contribution is 0.477. The minimum absolute atomic E-state index is 0.451. The van der Waals surface area contributed by atoms with Crippen LogP contribution in [0.3, 0.4) is 0 Å². The van der Waals surface area contributed by atoms with Gasteiger partial charge in [-0.25, -0.2) is 4.68 Å². The fourth-order valence-electron chi connectivity index (χ4n) is 5.85. The van der Waals surface area contributed by atoms with Crippen LogP contribution in [0.15, 0.2) is 133 Å². The standard InChI is InChI=1S/C34H23Cl3N4/c35-34(36,37)31-21-24-20-30-28(22-29(24)39-31)32(23-16-18-38-19-17-23)40-41(30)33(25-10-4-1-5-11-25,26-12-6-2-7-13-26)27-14-8-3-9-15-27/h1-20,22H,21H2. The molecule has 41 heavy (non-hydrogen) atoms. The summed E-state index contributed by atoms with van der Waals surface area (Å²) in [5, 5.41) is 6.39. The van der Waals surface area contributed by atoms with Crippen molar-refractivity contribution in [1.29, 1.82) is 0 Å². The van der Waals surface area contributed by atoms with Gasteiger partial charge in [0.15, 0.2) is 0 Å². The molecule has 4 aromatic carbocycles. The molecule has 0 bridgehead atoms. The molecule has 7 heteroatoms. The third kappa shape index (κ3) is 4.34. The second-order valence-electron chi connectivity index (χ2n) is 10.0. The van der Waals surface area contributed by atoms with Gasteiger partial charge in [-0.3, -0.25) is 9.98 Å². The van der Waals surface area contributed by atoms with Gasteiger partial charge in [-0.1, -0.05) is 126 Å². The second kappa shape index (κ2) is 10.1. The summed E-state index contributed by atoms with van der Waals surface area (Å²) in [7, 11) is 0. The van der Waals surface area contributed by atoms with Gasteiger partial charge in [0.1, 0.15) is 11.2 Å². The number of rotatable bonds is 5. The maximum atomic E-state index is 6.28. The Labute approximate surface area is 252 Å². The van der Waals surface area contributed by atoms with Crippen molar-refractivity contribution in [3.05, 3.63) is 150 Å². The van der Waals surface area contributed by atoms with Crippen LogP contribution in [0.1, 0.15) is 22.3 Å². The summed E-state index contributed by atoms with van der Waals surface area (Å²) in [4.78, 5) is 8.97. The molecule has 0 unspecified atom stereocenters. The van der Waals surface area contributed by atoms with E-state index in [4.69, 9.17) is 44.9 Å². The molecule has 1 aliphatic heterocycles. The van der Waals surface area contributed by atoms with Gasteiger partial charge in [0.25, 0.3) is 0 Å². The number of benzene rings is 4. The lowest BCUT2D eigenvalue weighted by atomic mass is 9.77. The smallest absolute Gasteiger partial charge is 0.229 e. The molecule has 0 spiro atoms. The number of halogens is 3. The average Bonchev–Trinajstić information content (AvgIpc) is 3.61. The number of nitrogens with zero attached hydrogens (tertiary/aromatic N) is 4. The maximum Gasteiger partial charge on any atom is 0.229 e. The first kappa shape index (κ1) is 26.0. The molecule has 3 heterocycles. The third-order valence-electron chi connectivity index (χ3n) is 7.67. The van der Waals surface area contributed by atoms with Crippen LogP contribution in [-0.4, -0.2) is 24.3 Å². The van der Waals surface area contributed by atoms with Crippen LogP contribution < -0.4 is 0 Å². The molecule has 0 saturated heterocycles. The quantitative estimate of drug-likeness (QED) is 0.148. The van der Waals surface area contributed by atoms with E-state index < -0.39 is 9.33 Å². The van der Waals surface area contributed by atoms with E-state index in [0.29, 0.717) is 12.1 Å². The number of hydrogen-bond acceptors (Lipinski definition) is 3. The van der Waals surface area contributed by atoms with Gasteiger partial charge in [0.05, 0.1) is 16.9 Å². The maximum absolute atomic E-state index is 6.28.